The normalized spacial score (nSPS) is 24.7. The van der Waals surface area contributed by atoms with Crippen LogP contribution in [-0.4, -0.2) is 28.8 Å². The Morgan fingerprint density at radius 1 is 1.23 bits per heavy atom. The van der Waals surface area contributed by atoms with E-state index < -0.39 is 4.92 Å². The standard InChI is InChI=1S/C16H19ClN2O3/c17-14-6-5-12(9-15(14)19(21)22)16(20)18-8-7-11-3-1-2-4-13(11)10-18/h5-6,9,11,13H,1-4,7-8,10H2/t11-,13+/m0/s1. The molecule has 1 heterocycles. The molecule has 5 nitrogen and oxygen atoms in total. The molecule has 22 heavy (non-hydrogen) atoms. The number of halogens is 1. The van der Waals surface area contributed by atoms with E-state index in [9.17, 15) is 14.9 Å². The molecular formula is C16H19ClN2O3. The summed E-state index contributed by atoms with van der Waals surface area (Å²) in [7, 11) is 0. The maximum Gasteiger partial charge on any atom is 0.288 e. The van der Waals surface area contributed by atoms with Gasteiger partial charge in [-0.1, -0.05) is 30.9 Å². The minimum absolute atomic E-state index is 0.0625. The Hall–Kier alpha value is -1.62. The SMILES string of the molecule is O=C(c1ccc(Cl)c([N+](=O)[O-])c1)N1CC[C@@H]2CCCC[C@@H]2C1. The monoisotopic (exact) mass is 322 g/mol. The second-order valence-corrected chi connectivity index (χ2v) is 6.67. The van der Waals surface area contributed by atoms with Gasteiger partial charge < -0.3 is 4.90 Å². The molecule has 1 saturated carbocycles. The molecule has 3 rings (SSSR count). The Bertz CT molecular complexity index is 605. The van der Waals surface area contributed by atoms with Gasteiger partial charge in [-0.2, -0.15) is 0 Å². The third kappa shape index (κ3) is 2.95. The average molecular weight is 323 g/mol. The quantitative estimate of drug-likeness (QED) is 0.612. The molecule has 1 aromatic rings. The van der Waals surface area contributed by atoms with Crippen LogP contribution < -0.4 is 0 Å². The van der Waals surface area contributed by atoms with E-state index in [1.54, 1.807) is 6.07 Å². The van der Waals surface area contributed by atoms with Crippen molar-refractivity contribution in [2.24, 2.45) is 11.8 Å². The van der Waals surface area contributed by atoms with Crippen molar-refractivity contribution in [1.82, 2.24) is 4.90 Å². The minimum atomic E-state index is -0.549. The Kier molecular flexibility index (Phi) is 4.34. The van der Waals surface area contributed by atoms with E-state index in [2.05, 4.69) is 0 Å². The van der Waals surface area contributed by atoms with Gasteiger partial charge in [-0.15, -0.1) is 0 Å². The van der Waals surface area contributed by atoms with Gasteiger partial charge in [0.15, 0.2) is 0 Å². The number of fused-ring (bicyclic) bond motifs is 1. The topological polar surface area (TPSA) is 63.4 Å². The van der Waals surface area contributed by atoms with Crippen LogP contribution in [0, 0.1) is 22.0 Å². The summed E-state index contributed by atoms with van der Waals surface area (Å²) >= 11 is 5.81. The first-order chi connectivity index (χ1) is 10.6. The van der Waals surface area contributed by atoms with Crippen molar-refractivity contribution in [1.29, 1.82) is 0 Å². The molecule has 1 aliphatic heterocycles. The molecule has 2 fully saturated rings. The van der Waals surface area contributed by atoms with Crippen LogP contribution in [-0.2, 0) is 0 Å². The molecule has 2 atom stereocenters. The van der Waals surface area contributed by atoms with Gasteiger partial charge in [0.25, 0.3) is 11.6 Å². The first-order valence-electron chi connectivity index (χ1n) is 7.79. The molecule has 0 spiro atoms. The molecule has 118 valence electrons. The lowest BCUT2D eigenvalue weighted by Gasteiger charge is -2.41. The number of nitro benzene ring substituents is 1. The Morgan fingerprint density at radius 3 is 2.68 bits per heavy atom. The van der Waals surface area contributed by atoms with Gasteiger partial charge in [0.05, 0.1) is 4.92 Å². The highest BCUT2D eigenvalue weighted by Gasteiger charge is 2.33. The lowest BCUT2D eigenvalue weighted by Crippen LogP contribution is -2.44. The third-order valence-corrected chi connectivity index (χ3v) is 5.29. The maximum atomic E-state index is 12.6. The van der Waals surface area contributed by atoms with Crippen molar-refractivity contribution in [3.05, 3.63) is 38.9 Å². The number of likely N-dealkylation sites (tertiary alicyclic amines) is 1. The van der Waals surface area contributed by atoms with Crippen LogP contribution in [0.1, 0.15) is 42.5 Å². The van der Waals surface area contributed by atoms with Crippen molar-refractivity contribution in [2.75, 3.05) is 13.1 Å². The highest BCUT2D eigenvalue weighted by atomic mass is 35.5. The summed E-state index contributed by atoms with van der Waals surface area (Å²) in [6, 6.07) is 4.29. The number of hydrogen-bond donors (Lipinski definition) is 0. The van der Waals surface area contributed by atoms with E-state index >= 15 is 0 Å². The summed E-state index contributed by atoms with van der Waals surface area (Å²) in [5, 5.41) is 11.0. The molecular weight excluding hydrogens is 304 g/mol. The summed E-state index contributed by atoms with van der Waals surface area (Å²) < 4.78 is 0. The Morgan fingerprint density at radius 2 is 1.95 bits per heavy atom. The maximum absolute atomic E-state index is 12.6. The molecule has 0 unspecified atom stereocenters. The first kappa shape index (κ1) is 15.3. The molecule has 1 aliphatic carbocycles. The highest BCUT2D eigenvalue weighted by Crippen LogP contribution is 2.36. The van der Waals surface area contributed by atoms with E-state index in [4.69, 9.17) is 11.6 Å². The van der Waals surface area contributed by atoms with Gasteiger partial charge in [0, 0.05) is 24.7 Å². The van der Waals surface area contributed by atoms with Gasteiger partial charge in [0.1, 0.15) is 5.02 Å². The number of rotatable bonds is 2. The molecule has 2 aliphatic rings. The Balaban J connectivity index is 1.76. The number of amides is 1. The van der Waals surface area contributed by atoms with Crippen LogP contribution in [0.2, 0.25) is 5.02 Å². The zero-order valence-electron chi connectivity index (χ0n) is 12.3. The molecule has 0 aromatic heterocycles. The molecule has 0 N–H and O–H groups in total. The number of carbonyl (C=O) groups is 1. The number of carbonyl (C=O) groups excluding carboxylic acids is 1. The van der Waals surface area contributed by atoms with Crippen LogP contribution in [0.4, 0.5) is 5.69 Å². The van der Waals surface area contributed by atoms with Crippen LogP contribution >= 0.6 is 11.6 Å². The lowest BCUT2D eigenvalue weighted by molar-refractivity contribution is -0.384. The predicted octanol–water partition coefficient (Wildman–Crippen LogP) is 3.90. The van der Waals surface area contributed by atoms with E-state index in [0.717, 1.165) is 25.4 Å². The summed E-state index contributed by atoms with van der Waals surface area (Å²) in [6.07, 6.45) is 6.06. The van der Waals surface area contributed by atoms with Crippen LogP contribution in [0.25, 0.3) is 0 Å². The van der Waals surface area contributed by atoms with Gasteiger partial charge in [0.2, 0.25) is 0 Å². The third-order valence-electron chi connectivity index (χ3n) is 4.97. The van der Waals surface area contributed by atoms with Crippen LogP contribution in [0.3, 0.4) is 0 Å². The largest absolute Gasteiger partial charge is 0.338 e. The van der Waals surface area contributed by atoms with E-state index in [0.29, 0.717) is 11.5 Å². The fourth-order valence-corrected chi connectivity index (χ4v) is 3.94. The first-order valence-corrected chi connectivity index (χ1v) is 8.17. The molecule has 1 amide bonds. The van der Waals surface area contributed by atoms with Crippen molar-refractivity contribution in [3.63, 3.8) is 0 Å². The zero-order chi connectivity index (χ0) is 15.7. The molecule has 1 aromatic carbocycles. The second kappa shape index (κ2) is 6.24. The summed E-state index contributed by atoms with van der Waals surface area (Å²) in [4.78, 5) is 24.9. The minimum Gasteiger partial charge on any atom is -0.338 e. The smallest absolute Gasteiger partial charge is 0.288 e. The van der Waals surface area contributed by atoms with Crippen molar-refractivity contribution >= 4 is 23.2 Å². The Labute approximate surface area is 134 Å². The number of benzene rings is 1. The van der Waals surface area contributed by atoms with E-state index in [1.807, 2.05) is 4.90 Å². The number of nitrogens with zero attached hydrogens (tertiary/aromatic N) is 2. The summed E-state index contributed by atoms with van der Waals surface area (Å²) in [5.41, 5.74) is 0.144. The van der Waals surface area contributed by atoms with E-state index in [1.165, 1.54) is 37.8 Å². The summed E-state index contributed by atoms with van der Waals surface area (Å²) in [6.45, 7) is 1.52. The fraction of sp³-hybridized carbons (Fsp3) is 0.562. The second-order valence-electron chi connectivity index (χ2n) is 6.27. The van der Waals surface area contributed by atoms with Crippen LogP contribution in [0.5, 0.6) is 0 Å². The van der Waals surface area contributed by atoms with Crippen molar-refractivity contribution in [3.8, 4) is 0 Å². The number of nitro groups is 1. The molecule has 6 heteroatoms. The fourth-order valence-electron chi connectivity index (χ4n) is 3.75. The average Bonchev–Trinajstić information content (AvgIpc) is 2.54. The van der Waals surface area contributed by atoms with Crippen molar-refractivity contribution in [2.45, 2.75) is 32.1 Å². The predicted molar refractivity (Wildman–Crippen MR) is 84.1 cm³/mol. The number of hydrogen-bond acceptors (Lipinski definition) is 3. The van der Waals surface area contributed by atoms with Gasteiger partial charge in [-0.05, 0) is 36.8 Å². The zero-order valence-corrected chi connectivity index (χ0v) is 13.1. The molecule has 0 radical (unpaired) electrons. The van der Waals surface area contributed by atoms with Crippen LogP contribution in [0.15, 0.2) is 18.2 Å². The highest BCUT2D eigenvalue weighted by molar-refractivity contribution is 6.32. The van der Waals surface area contributed by atoms with Crippen molar-refractivity contribution < 1.29 is 9.72 Å². The molecule has 1 saturated heterocycles. The summed E-state index contributed by atoms with van der Waals surface area (Å²) in [5.74, 6) is 1.22. The van der Waals surface area contributed by atoms with Gasteiger partial charge in [-0.25, -0.2) is 0 Å². The van der Waals surface area contributed by atoms with Gasteiger partial charge in [-0.3, -0.25) is 14.9 Å². The molecule has 0 bridgehead atoms. The van der Waals surface area contributed by atoms with E-state index in [-0.39, 0.29) is 16.6 Å². The lowest BCUT2D eigenvalue weighted by atomic mass is 9.75. The van der Waals surface area contributed by atoms with Gasteiger partial charge >= 0.3 is 0 Å². The number of piperidine rings is 1.